The normalized spacial score (nSPS) is 35.6. The van der Waals surface area contributed by atoms with Gasteiger partial charge in [-0.25, -0.2) is 4.79 Å². The maximum absolute atomic E-state index is 14.6. The number of phenolic OH excluding ortho intramolecular Hbond substituents is 4. The van der Waals surface area contributed by atoms with E-state index in [2.05, 4.69) is 0 Å². The first-order chi connectivity index (χ1) is 35.1. The van der Waals surface area contributed by atoms with E-state index in [9.17, 15) is 76.0 Å². The first-order valence-corrected chi connectivity index (χ1v) is 23.0. The molecule has 5 heterocycles. The van der Waals surface area contributed by atoms with Crippen LogP contribution in [-0.2, 0) is 42.7 Å². The molecule has 0 radical (unpaired) electrons. The summed E-state index contributed by atoms with van der Waals surface area (Å²) in [7, 11) is 1.30. The fourth-order valence-electron chi connectivity index (χ4n) is 8.65. The summed E-state index contributed by atoms with van der Waals surface area (Å²) in [6.07, 6.45) is -31.6. The van der Waals surface area contributed by atoms with Crippen LogP contribution >= 0.6 is 0 Å². The van der Waals surface area contributed by atoms with Crippen LogP contribution in [0, 0.1) is 0 Å². The summed E-state index contributed by atoms with van der Waals surface area (Å²) in [4.78, 5) is 28.5. The van der Waals surface area contributed by atoms with Crippen LogP contribution in [0.1, 0.15) is 19.4 Å². The van der Waals surface area contributed by atoms with Gasteiger partial charge in [-0.2, -0.15) is 0 Å². The van der Waals surface area contributed by atoms with Crippen LogP contribution < -0.4 is 14.9 Å². The Morgan fingerprint density at radius 3 is 2.05 bits per heavy atom. The topological polar surface area (TPSA) is 403 Å². The van der Waals surface area contributed by atoms with Crippen LogP contribution in [0.3, 0.4) is 0 Å². The molecule has 8 rings (SSSR count). The molecular weight excluding hydrogens is 993 g/mol. The van der Waals surface area contributed by atoms with E-state index in [1.807, 2.05) is 0 Å². The van der Waals surface area contributed by atoms with Crippen LogP contribution in [0.2, 0.25) is 0 Å². The molecule has 4 fully saturated rings. The predicted molar refractivity (Wildman–Crippen MR) is 244 cm³/mol. The Labute approximate surface area is 418 Å². The monoisotopic (exact) mass is 1050 g/mol. The van der Waals surface area contributed by atoms with Gasteiger partial charge in [-0.15, -0.1) is 0 Å². The van der Waals surface area contributed by atoms with Crippen LogP contribution in [0.25, 0.3) is 28.4 Å². The molecule has 4 aliphatic rings. The zero-order chi connectivity index (χ0) is 53.4. The van der Waals surface area contributed by atoms with E-state index in [1.54, 1.807) is 0 Å². The van der Waals surface area contributed by atoms with Crippen molar-refractivity contribution < 1.29 is 123 Å². The molecule has 4 aromatic rings. The quantitative estimate of drug-likeness (QED) is 0.0475. The Hall–Kier alpha value is -5.76. The smallest absolute Gasteiger partial charge is 0.331 e. The van der Waals surface area contributed by atoms with Gasteiger partial charge in [0.25, 0.3) is 0 Å². The maximum Gasteiger partial charge on any atom is 0.331 e. The van der Waals surface area contributed by atoms with Gasteiger partial charge >= 0.3 is 5.97 Å². The Balaban J connectivity index is 1.19. The van der Waals surface area contributed by atoms with Crippen molar-refractivity contribution in [3.63, 3.8) is 0 Å². The largest absolute Gasteiger partial charge is 0.508 e. The number of phenols is 4. The SMILES string of the molecule is COc1cc(C=CC(=O)O[C@@H]2[C@@H](O)[C@H](CO[C@H]3O[C@@H](C)[C@H](O)[C@@H](O[C@H]4OC[C@H](O)[C@@H](O)[C@@H]4O)[C@@H]3O)O[C@H](Oc3c(-c4ccc(O)cc4)oc4cc(O)cc(O)c4c3=O)[C@H]2O[C@H]2O[C@@H](C)[C@H](O)[C@@H](O)[C@@H]2O)ccc1O. The van der Waals surface area contributed by atoms with Crippen LogP contribution in [0.15, 0.2) is 69.9 Å². The first-order valence-electron chi connectivity index (χ1n) is 23.0. The third-order valence-corrected chi connectivity index (χ3v) is 12.8. The van der Waals surface area contributed by atoms with Gasteiger partial charge in [-0.1, -0.05) is 6.07 Å². The van der Waals surface area contributed by atoms with Crippen molar-refractivity contribution in [1.82, 2.24) is 0 Å². The Bertz CT molecular complexity index is 2680. The number of aromatic hydroxyl groups is 4. The van der Waals surface area contributed by atoms with Gasteiger partial charge in [-0.05, 0) is 61.9 Å². The number of esters is 1. The first kappa shape index (κ1) is 54.5. The third kappa shape index (κ3) is 11.3. The van der Waals surface area contributed by atoms with Crippen LogP contribution in [0.5, 0.6) is 34.5 Å². The van der Waals surface area contributed by atoms with Crippen molar-refractivity contribution in [2.24, 2.45) is 0 Å². The summed E-state index contributed by atoms with van der Waals surface area (Å²) in [5.41, 5.74) is -1.09. The van der Waals surface area contributed by atoms with Crippen molar-refractivity contribution in [3.05, 3.63) is 76.5 Å². The molecule has 0 bridgehead atoms. The van der Waals surface area contributed by atoms with Gasteiger partial charge in [0, 0.05) is 23.8 Å². The number of aliphatic hydroxyl groups excluding tert-OH is 9. The van der Waals surface area contributed by atoms with E-state index in [-0.39, 0.29) is 28.4 Å². The van der Waals surface area contributed by atoms with E-state index in [0.29, 0.717) is 5.56 Å². The van der Waals surface area contributed by atoms with E-state index >= 15 is 0 Å². The number of aliphatic hydroxyl groups is 9. The minimum atomic E-state index is -2.15. The highest BCUT2D eigenvalue weighted by Gasteiger charge is 2.55. The molecule has 4 saturated heterocycles. The number of ether oxygens (including phenoxy) is 10. The minimum absolute atomic E-state index is 0.0478. The van der Waals surface area contributed by atoms with E-state index < -0.39 is 170 Å². The Morgan fingerprint density at radius 1 is 0.662 bits per heavy atom. The minimum Gasteiger partial charge on any atom is -0.508 e. The molecule has 0 spiro atoms. The van der Waals surface area contributed by atoms with Crippen molar-refractivity contribution in [3.8, 4) is 45.8 Å². The highest BCUT2D eigenvalue weighted by molar-refractivity contribution is 5.88. The van der Waals surface area contributed by atoms with Crippen molar-refractivity contribution in [1.29, 1.82) is 0 Å². The van der Waals surface area contributed by atoms with Crippen LogP contribution in [-0.4, -0.2) is 209 Å². The molecule has 74 heavy (non-hydrogen) atoms. The van der Waals surface area contributed by atoms with Crippen LogP contribution in [0.4, 0.5) is 0 Å². The number of methoxy groups -OCH3 is 1. The molecule has 0 amide bonds. The number of hydrogen-bond donors (Lipinski definition) is 13. The second kappa shape index (κ2) is 22.6. The van der Waals surface area contributed by atoms with Gasteiger partial charge in [0.05, 0.1) is 32.5 Å². The third-order valence-electron chi connectivity index (χ3n) is 12.8. The fourth-order valence-corrected chi connectivity index (χ4v) is 8.65. The standard InChI is InChI=1S/C48H56O26/c1-17-31(55)36(60)38(62)47(68-17)74-44-42(71-29(54)11-5-19-4-10-23(51)26(12-19)64-3)34(58)28(16-66-46-39(63)41(32(56)18(2)67-46)72-45-37(61)33(57)25(53)15-65-45)70-48(44)73-43-35(59)30-24(52)13-22(50)14-27(30)69-40(43)20-6-8-21(49)9-7-20/h4-14,17-18,25,28,31-34,36-39,41-42,44-53,55-58,60-63H,15-16H2,1-3H3/t17-,18-,25-,28-,31-,32-,33+,34-,36+,37-,38-,39-,41+,42+,44-,45+,46-,47+,48+/m0/s1. The lowest BCUT2D eigenvalue weighted by Crippen LogP contribution is -2.66. The average molecular weight is 1050 g/mol. The van der Waals surface area contributed by atoms with Gasteiger partial charge in [-0.3, -0.25) is 4.79 Å². The molecule has 19 atom stereocenters. The second-order valence-corrected chi connectivity index (χ2v) is 17.9. The highest BCUT2D eigenvalue weighted by atomic mass is 16.8. The van der Waals surface area contributed by atoms with Gasteiger partial charge in [0.15, 0.2) is 48.3 Å². The molecule has 0 aliphatic carbocycles. The number of benzene rings is 3. The number of carbonyl (C=O) groups excluding carboxylic acids is 1. The molecule has 404 valence electrons. The number of fused-ring (bicyclic) bond motifs is 1. The summed E-state index contributed by atoms with van der Waals surface area (Å²) >= 11 is 0. The van der Waals surface area contributed by atoms with Crippen molar-refractivity contribution in [2.45, 2.75) is 131 Å². The number of hydrogen-bond acceptors (Lipinski definition) is 26. The van der Waals surface area contributed by atoms with Gasteiger partial charge < -0.3 is 118 Å². The molecular formula is C48H56O26. The summed E-state index contributed by atoms with van der Waals surface area (Å²) < 4.78 is 64.2. The molecule has 26 nitrogen and oxygen atoms in total. The molecule has 3 aromatic carbocycles. The Morgan fingerprint density at radius 2 is 1.34 bits per heavy atom. The molecule has 4 aliphatic heterocycles. The maximum atomic E-state index is 14.6. The average Bonchev–Trinajstić information content (AvgIpc) is 3.36. The fraction of sp³-hybridized carbons (Fsp3) is 0.500. The highest BCUT2D eigenvalue weighted by Crippen LogP contribution is 2.40. The molecule has 0 unspecified atom stereocenters. The lowest BCUT2D eigenvalue weighted by molar-refractivity contribution is -0.365. The number of carbonyl (C=O) groups is 1. The zero-order valence-corrected chi connectivity index (χ0v) is 39.4. The molecule has 0 saturated carbocycles. The summed E-state index contributed by atoms with van der Waals surface area (Å²) in [6.45, 7) is 1.36. The molecule has 13 N–H and O–H groups in total. The van der Waals surface area contributed by atoms with Gasteiger partial charge in [0.1, 0.15) is 95.4 Å². The predicted octanol–water partition coefficient (Wildman–Crippen LogP) is -2.10. The van der Waals surface area contributed by atoms with E-state index in [1.165, 1.54) is 69.5 Å². The van der Waals surface area contributed by atoms with Gasteiger partial charge in [0.2, 0.25) is 17.5 Å². The zero-order valence-electron chi connectivity index (χ0n) is 39.4. The molecule has 1 aromatic heterocycles. The van der Waals surface area contributed by atoms with Crippen molar-refractivity contribution >= 4 is 23.0 Å². The van der Waals surface area contributed by atoms with E-state index in [0.717, 1.165) is 18.2 Å². The summed E-state index contributed by atoms with van der Waals surface area (Å²) in [5, 5.41) is 139. The Kier molecular flexibility index (Phi) is 16.6. The summed E-state index contributed by atoms with van der Waals surface area (Å²) in [5.74, 6) is -4.03. The molecule has 26 heteroatoms. The lowest BCUT2D eigenvalue weighted by Gasteiger charge is -2.47. The van der Waals surface area contributed by atoms with Crippen molar-refractivity contribution in [2.75, 3.05) is 20.3 Å². The second-order valence-electron chi connectivity index (χ2n) is 17.9. The van der Waals surface area contributed by atoms with E-state index in [4.69, 9.17) is 51.8 Å². The lowest BCUT2D eigenvalue weighted by atomic mass is 9.97. The summed E-state index contributed by atoms with van der Waals surface area (Å²) in [6, 6.07) is 11.0. The number of rotatable bonds is 14.